The molecule has 210 valence electrons. The molecule has 1 aromatic carbocycles. The van der Waals surface area contributed by atoms with Crippen LogP contribution >= 0.6 is 7.75 Å². The molecule has 3 N–H and O–H groups in total. The van der Waals surface area contributed by atoms with Gasteiger partial charge in [-0.05, 0) is 43.9 Å². The number of aromatic nitrogens is 2. The normalized spacial score (nSPS) is 19.7. The van der Waals surface area contributed by atoms with Crippen LogP contribution in [0.2, 0.25) is 0 Å². The number of hydrogen-bond donors (Lipinski definition) is 2. The summed E-state index contributed by atoms with van der Waals surface area (Å²) in [7, 11) is -4.09. The Morgan fingerprint density at radius 2 is 1.95 bits per heavy atom. The van der Waals surface area contributed by atoms with E-state index < -0.39 is 38.0 Å². The molecule has 13 heteroatoms. The van der Waals surface area contributed by atoms with Crippen LogP contribution in [0.5, 0.6) is 5.75 Å². The van der Waals surface area contributed by atoms with Crippen molar-refractivity contribution >= 4 is 19.5 Å². The third-order valence-electron chi connectivity index (χ3n) is 5.81. The van der Waals surface area contributed by atoms with Crippen molar-refractivity contribution in [3.63, 3.8) is 0 Å². The third kappa shape index (κ3) is 8.92. The number of nitrogens with zero attached hydrogens (tertiary/aromatic N) is 2. The van der Waals surface area contributed by atoms with E-state index >= 15 is 0 Å². The number of carbonyl (C=O) groups is 1. The molecule has 0 radical (unpaired) electrons. The van der Waals surface area contributed by atoms with Crippen LogP contribution in [0.15, 0.2) is 47.4 Å². The number of nitrogens with one attached hydrogen (secondary N) is 1. The summed E-state index contributed by atoms with van der Waals surface area (Å²) in [4.78, 5) is 28.5. The van der Waals surface area contributed by atoms with Crippen LogP contribution in [0.3, 0.4) is 0 Å². The molecule has 0 unspecified atom stereocenters. The summed E-state index contributed by atoms with van der Waals surface area (Å²) >= 11 is 0. The van der Waals surface area contributed by atoms with Crippen molar-refractivity contribution in [1.82, 2.24) is 14.6 Å². The quantitative estimate of drug-likeness (QED) is 0.246. The molecule has 2 aromatic rings. The van der Waals surface area contributed by atoms with Gasteiger partial charge in [-0.2, -0.15) is 10.1 Å². The van der Waals surface area contributed by atoms with Crippen molar-refractivity contribution in [2.75, 3.05) is 25.6 Å². The first-order chi connectivity index (χ1) is 18.2. The van der Waals surface area contributed by atoms with Crippen molar-refractivity contribution in [3.8, 4) is 5.75 Å². The van der Waals surface area contributed by atoms with E-state index in [1.807, 2.05) is 0 Å². The molecule has 0 spiro atoms. The summed E-state index contributed by atoms with van der Waals surface area (Å²) in [6, 6.07) is 8.92. The van der Waals surface area contributed by atoms with Gasteiger partial charge in [-0.15, -0.1) is 0 Å². The molecule has 38 heavy (non-hydrogen) atoms. The number of rotatable bonds is 15. The Bertz CT molecular complexity index is 1130. The number of ether oxygens (including phenoxy) is 3. The van der Waals surface area contributed by atoms with Crippen molar-refractivity contribution in [1.29, 1.82) is 0 Å². The number of nitrogens with two attached hydrogens (primary N) is 1. The van der Waals surface area contributed by atoms with E-state index in [1.165, 1.54) is 23.8 Å². The minimum absolute atomic E-state index is 0.0379. The first kappa shape index (κ1) is 29.8. The molecule has 1 aliphatic heterocycles. The van der Waals surface area contributed by atoms with Crippen molar-refractivity contribution in [3.05, 3.63) is 53.1 Å². The molecular formula is C25H37N4O8P. The highest BCUT2D eigenvalue weighted by Gasteiger charge is 2.36. The van der Waals surface area contributed by atoms with Gasteiger partial charge in [-0.3, -0.25) is 13.9 Å². The van der Waals surface area contributed by atoms with E-state index in [-0.39, 0.29) is 30.7 Å². The minimum atomic E-state index is -4.09. The zero-order chi connectivity index (χ0) is 27.5. The highest BCUT2D eigenvalue weighted by Crippen LogP contribution is 2.45. The zero-order valence-electron chi connectivity index (χ0n) is 22.0. The van der Waals surface area contributed by atoms with Gasteiger partial charge >= 0.3 is 19.4 Å². The smallest absolute Gasteiger partial charge is 0.459 e. The Morgan fingerprint density at radius 1 is 1.24 bits per heavy atom. The number of esters is 1. The van der Waals surface area contributed by atoms with Crippen molar-refractivity contribution in [2.45, 2.75) is 65.0 Å². The Labute approximate surface area is 222 Å². The van der Waals surface area contributed by atoms with E-state index in [1.54, 1.807) is 30.3 Å². The van der Waals surface area contributed by atoms with E-state index in [0.717, 1.165) is 25.7 Å². The molecule has 1 fully saturated rings. The zero-order valence-corrected chi connectivity index (χ0v) is 22.9. The Morgan fingerprint density at radius 3 is 2.61 bits per heavy atom. The van der Waals surface area contributed by atoms with E-state index in [9.17, 15) is 14.2 Å². The average molecular weight is 553 g/mol. The number of hydrogen-bond acceptors (Lipinski definition) is 10. The molecule has 1 aliphatic rings. The Balaban J connectivity index is 1.62. The van der Waals surface area contributed by atoms with Crippen LogP contribution in [0.4, 0.5) is 5.82 Å². The van der Waals surface area contributed by atoms with Gasteiger partial charge in [0.05, 0.1) is 13.2 Å². The summed E-state index contributed by atoms with van der Waals surface area (Å²) in [5, 5.41) is 2.66. The molecule has 0 aliphatic carbocycles. The fourth-order valence-electron chi connectivity index (χ4n) is 3.93. The van der Waals surface area contributed by atoms with Gasteiger partial charge in [0.2, 0.25) is 0 Å². The SMILES string of the molecule is CCCC(CCC)COC(=O)[C@H](C)N[P@@](=O)(OC[C@H]1OC[C@@H](n2ccc(N)nc2=O)O1)Oc1ccccc1. The summed E-state index contributed by atoms with van der Waals surface area (Å²) in [6.45, 7) is 5.74. The van der Waals surface area contributed by atoms with Crippen LogP contribution in [0.25, 0.3) is 0 Å². The average Bonchev–Trinajstić information content (AvgIpc) is 3.35. The monoisotopic (exact) mass is 552 g/mol. The highest BCUT2D eigenvalue weighted by atomic mass is 31.2. The third-order valence-corrected chi connectivity index (χ3v) is 7.45. The lowest BCUT2D eigenvalue weighted by Gasteiger charge is -2.24. The largest absolute Gasteiger partial charge is 0.464 e. The second-order valence-electron chi connectivity index (χ2n) is 9.02. The van der Waals surface area contributed by atoms with Crippen LogP contribution < -0.4 is 21.0 Å². The number of para-hydroxylation sites is 1. The standard InChI is InChI=1S/C25H37N4O8P/c1-4-9-19(10-5-2)15-34-24(30)18(3)28-38(32,37-20-11-7-6-8-12-20)35-17-23-33-16-22(36-23)29-14-13-21(26)27-25(29)31/h6-8,11-14,18-19,22-23H,4-5,9-10,15-17H2,1-3H3,(H,28,32)(H2,26,27,31)/t18-,22-,23-,38+/m0/s1. The summed E-state index contributed by atoms with van der Waals surface area (Å²) < 4.78 is 43.0. The van der Waals surface area contributed by atoms with Crippen molar-refractivity contribution in [2.24, 2.45) is 5.92 Å². The molecule has 2 heterocycles. The molecule has 4 atom stereocenters. The predicted molar refractivity (Wildman–Crippen MR) is 140 cm³/mol. The lowest BCUT2D eigenvalue weighted by atomic mass is 9.99. The van der Waals surface area contributed by atoms with E-state index in [4.69, 9.17) is 29.0 Å². The lowest BCUT2D eigenvalue weighted by molar-refractivity contribution is -0.146. The molecule has 3 rings (SSSR count). The first-order valence-electron chi connectivity index (χ1n) is 12.8. The maximum atomic E-state index is 13.7. The summed E-state index contributed by atoms with van der Waals surface area (Å²) in [6.07, 6.45) is 3.65. The van der Waals surface area contributed by atoms with E-state index in [0.29, 0.717) is 6.61 Å². The molecule has 12 nitrogen and oxygen atoms in total. The lowest BCUT2D eigenvalue weighted by Crippen LogP contribution is -2.36. The molecule has 1 saturated heterocycles. The van der Waals surface area contributed by atoms with Crippen LogP contribution in [0, 0.1) is 5.92 Å². The number of carbonyl (C=O) groups excluding carboxylic acids is 1. The second-order valence-corrected chi connectivity index (χ2v) is 10.7. The van der Waals surface area contributed by atoms with Gasteiger partial charge < -0.3 is 24.5 Å². The van der Waals surface area contributed by atoms with Crippen LogP contribution in [0.1, 0.15) is 52.7 Å². The van der Waals surface area contributed by atoms with Gasteiger partial charge in [0, 0.05) is 6.20 Å². The van der Waals surface area contributed by atoms with E-state index in [2.05, 4.69) is 23.9 Å². The van der Waals surface area contributed by atoms with Crippen LogP contribution in [-0.2, 0) is 28.1 Å². The van der Waals surface area contributed by atoms with Crippen molar-refractivity contribution < 1.29 is 32.6 Å². The number of nitrogen functional groups attached to an aromatic ring is 1. The first-order valence-corrected chi connectivity index (χ1v) is 14.3. The highest BCUT2D eigenvalue weighted by molar-refractivity contribution is 7.52. The second kappa shape index (κ2) is 14.4. The molecule has 1 aromatic heterocycles. The van der Waals surface area contributed by atoms with Gasteiger partial charge in [0.1, 0.15) is 24.2 Å². The molecule has 0 bridgehead atoms. The maximum absolute atomic E-state index is 13.7. The van der Waals surface area contributed by atoms with Gasteiger partial charge in [0.15, 0.2) is 12.5 Å². The van der Waals surface area contributed by atoms with Gasteiger partial charge in [-0.1, -0.05) is 44.9 Å². The number of benzene rings is 1. The topological polar surface area (TPSA) is 153 Å². The Hall–Kier alpha value is -2.76. The van der Waals surface area contributed by atoms with Gasteiger partial charge in [-0.25, -0.2) is 9.36 Å². The fourth-order valence-corrected chi connectivity index (χ4v) is 5.41. The fraction of sp³-hybridized carbons (Fsp3) is 0.560. The number of anilines is 1. The van der Waals surface area contributed by atoms with Gasteiger partial charge in [0.25, 0.3) is 0 Å². The maximum Gasteiger partial charge on any atom is 0.459 e. The Kier molecular flexibility index (Phi) is 11.3. The minimum Gasteiger partial charge on any atom is -0.464 e. The molecule has 0 amide bonds. The molecule has 0 saturated carbocycles. The molecular weight excluding hydrogens is 515 g/mol. The summed E-state index contributed by atoms with van der Waals surface area (Å²) in [5.41, 5.74) is 4.94. The summed E-state index contributed by atoms with van der Waals surface area (Å²) in [5.74, 6) is 0.0824. The predicted octanol–water partition coefficient (Wildman–Crippen LogP) is 3.64. The van der Waals surface area contributed by atoms with Crippen LogP contribution in [-0.4, -0.2) is 47.7 Å².